The molecule has 1 aromatic carbocycles. The molecule has 146 valence electrons. The van der Waals surface area contributed by atoms with Gasteiger partial charge in [-0.05, 0) is 36.8 Å². The van der Waals surface area contributed by atoms with Gasteiger partial charge in [-0.25, -0.2) is 14.8 Å². The second-order valence-corrected chi connectivity index (χ2v) is 6.15. The highest BCUT2D eigenvalue weighted by Crippen LogP contribution is 2.29. The van der Waals surface area contributed by atoms with Crippen molar-refractivity contribution in [1.82, 2.24) is 25.2 Å². The van der Waals surface area contributed by atoms with Crippen LogP contribution in [0, 0.1) is 0 Å². The molecule has 2 heterocycles. The third-order valence-corrected chi connectivity index (χ3v) is 4.28. The molecule has 0 aliphatic carbocycles. The molecule has 1 unspecified atom stereocenters. The second kappa shape index (κ2) is 8.90. The van der Waals surface area contributed by atoms with Gasteiger partial charge in [0.25, 0.3) is 0 Å². The number of urea groups is 1. The molecule has 8 nitrogen and oxygen atoms in total. The van der Waals surface area contributed by atoms with Gasteiger partial charge in [-0.2, -0.15) is 0 Å². The Morgan fingerprint density at radius 1 is 1.21 bits per heavy atom. The summed E-state index contributed by atoms with van der Waals surface area (Å²) in [7, 11) is 3.20. The molecule has 2 N–H and O–H groups in total. The summed E-state index contributed by atoms with van der Waals surface area (Å²) < 4.78 is 12.4. The molecule has 0 saturated carbocycles. The lowest BCUT2D eigenvalue weighted by Crippen LogP contribution is -2.36. The molecule has 2 amide bonds. The standard InChI is InChI=1S/C20H23N5O3/c1-14(17-10-16(27-2)5-6-18(17)28-3)24-20(26)23-12-15-4-7-19(22-11-15)25-9-8-21-13-25/h4-11,13-14H,12H2,1-3H3,(H2,23,24,26). The maximum Gasteiger partial charge on any atom is 0.315 e. The number of imidazole rings is 1. The Morgan fingerprint density at radius 3 is 2.71 bits per heavy atom. The Bertz CT molecular complexity index is 910. The molecule has 2 aromatic heterocycles. The quantitative estimate of drug-likeness (QED) is 0.657. The van der Waals surface area contributed by atoms with Crippen LogP contribution in [0.25, 0.3) is 5.82 Å². The first-order valence-electron chi connectivity index (χ1n) is 8.80. The van der Waals surface area contributed by atoms with Crippen molar-refractivity contribution in [2.75, 3.05) is 14.2 Å². The van der Waals surface area contributed by atoms with E-state index < -0.39 is 0 Å². The van der Waals surface area contributed by atoms with Gasteiger partial charge >= 0.3 is 6.03 Å². The average molecular weight is 381 g/mol. The van der Waals surface area contributed by atoms with Crippen LogP contribution in [0.1, 0.15) is 24.1 Å². The first-order chi connectivity index (χ1) is 13.6. The van der Waals surface area contributed by atoms with Gasteiger partial charge in [-0.1, -0.05) is 6.07 Å². The zero-order valence-electron chi connectivity index (χ0n) is 16.0. The number of aromatic nitrogens is 3. The molecular weight excluding hydrogens is 358 g/mol. The number of rotatable bonds is 7. The number of benzene rings is 1. The minimum Gasteiger partial charge on any atom is -0.497 e. The van der Waals surface area contributed by atoms with Gasteiger partial charge in [0.2, 0.25) is 0 Å². The van der Waals surface area contributed by atoms with E-state index in [1.807, 2.05) is 48.0 Å². The van der Waals surface area contributed by atoms with Crippen molar-refractivity contribution in [1.29, 1.82) is 0 Å². The van der Waals surface area contributed by atoms with Crippen LogP contribution in [0.2, 0.25) is 0 Å². The molecule has 0 saturated heterocycles. The van der Waals surface area contributed by atoms with Crippen LogP contribution in [0.5, 0.6) is 11.5 Å². The number of amides is 2. The first kappa shape index (κ1) is 19.2. The van der Waals surface area contributed by atoms with Crippen LogP contribution in [-0.2, 0) is 6.54 Å². The number of ether oxygens (including phenoxy) is 2. The van der Waals surface area contributed by atoms with Crippen molar-refractivity contribution < 1.29 is 14.3 Å². The van der Waals surface area contributed by atoms with Crippen molar-refractivity contribution in [3.05, 3.63) is 66.4 Å². The minimum absolute atomic E-state index is 0.258. The fraction of sp³-hybridized carbons (Fsp3) is 0.250. The third kappa shape index (κ3) is 4.59. The molecule has 28 heavy (non-hydrogen) atoms. The van der Waals surface area contributed by atoms with Crippen molar-refractivity contribution in [2.45, 2.75) is 19.5 Å². The topological polar surface area (TPSA) is 90.3 Å². The summed E-state index contributed by atoms with van der Waals surface area (Å²) in [6.07, 6.45) is 6.92. The van der Waals surface area contributed by atoms with Gasteiger partial charge in [-0.3, -0.25) is 4.57 Å². The molecule has 3 rings (SSSR count). The number of methoxy groups -OCH3 is 2. The number of nitrogens with zero attached hydrogens (tertiary/aromatic N) is 3. The largest absolute Gasteiger partial charge is 0.497 e. The monoisotopic (exact) mass is 381 g/mol. The van der Waals surface area contributed by atoms with Crippen LogP contribution in [-0.4, -0.2) is 34.8 Å². The molecule has 0 fully saturated rings. The normalized spacial score (nSPS) is 11.5. The van der Waals surface area contributed by atoms with E-state index in [9.17, 15) is 4.79 Å². The minimum atomic E-state index is -0.281. The van der Waals surface area contributed by atoms with Crippen LogP contribution in [0.4, 0.5) is 4.79 Å². The van der Waals surface area contributed by atoms with Gasteiger partial charge in [0.05, 0.1) is 20.3 Å². The molecule has 0 spiro atoms. The molecule has 0 radical (unpaired) electrons. The average Bonchev–Trinajstić information content (AvgIpc) is 3.27. The lowest BCUT2D eigenvalue weighted by Gasteiger charge is -2.18. The highest BCUT2D eigenvalue weighted by Gasteiger charge is 2.15. The molecule has 8 heteroatoms. The van der Waals surface area contributed by atoms with Gasteiger partial charge in [0.1, 0.15) is 23.6 Å². The summed E-state index contributed by atoms with van der Waals surface area (Å²) in [4.78, 5) is 20.6. The Balaban J connectivity index is 1.57. The number of carbonyl (C=O) groups is 1. The van der Waals surface area contributed by atoms with E-state index in [1.54, 1.807) is 32.9 Å². The maximum atomic E-state index is 12.3. The van der Waals surface area contributed by atoms with Crippen LogP contribution < -0.4 is 20.1 Å². The summed E-state index contributed by atoms with van der Waals surface area (Å²) >= 11 is 0. The van der Waals surface area contributed by atoms with Crippen LogP contribution in [0.3, 0.4) is 0 Å². The van der Waals surface area contributed by atoms with Crippen LogP contribution in [0.15, 0.2) is 55.2 Å². The van der Waals surface area contributed by atoms with E-state index in [0.717, 1.165) is 16.9 Å². The Morgan fingerprint density at radius 2 is 2.07 bits per heavy atom. The van der Waals surface area contributed by atoms with Gasteiger partial charge in [-0.15, -0.1) is 0 Å². The zero-order chi connectivity index (χ0) is 19.9. The number of nitrogens with one attached hydrogen (secondary N) is 2. The van der Waals surface area contributed by atoms with Crippen molar-refractivity contribution in [2.24, 2.45) is 0 Å². The third-order valence-electron chi connectivity index (χ3n) is 4.28. The van der Waals surface area contributed by atoms with E-state index in [1.165, 1.54) is 0 Å². The SMILES string of the molecule is COc1ccc(OC)c(C(C)NC(=O)NCc2ccc(-n3ccnc3)nc2)c1. The van der Waals surface area contributed by atoms with Crippen molar-refractivity contribution in [3.8, 4) is 17.3 Å². The summed E-state index contributed by atoms with van der Waals surface area (Å²) in [6.45, 7) is 2.25. The Kier molecular flexibility index (Phi) is 6.11. The number of carbonyl (C=O) groups excluding carboxylic acids is 1. The summed E-state index contributed by atoms with van der Waals surface area (Å²) in [6, 6.07) is 8.73. The van der Waals surface area contributed by atoms with Crippen LogP contribution >= 0.6 is 0 Å². The summed E-state index contributed by atoms with van der Waals surface area (Å²) in [5.41, 5.74) is 1.73. The lowest BCUT2D eigenvalue weighted by molar-refractivity contribution is 0.237. The molecule has 0 bridgehead atoms. The highest BCUT2D eigenvalue weighted by molar-refractivity contribution is 5.74. The smallest absolute Gasteiger partial charge is 0.315 e. The zero-order valence-corrected chi connectivity index (χ0v) is 16.0. The lowest BCUT2D eigenvalue weighted by atomic mass is 10.1. The molecule has 1 atom stereocenters. The predicted molar refractivity (Wildman–Crippen MR) is 105 cm³/mol. The van der Waals surface area contributed by atoms with E-state index in [2.05, 4.69) is 20.6 Å². The van der Waals surface area contributed by atoms with Gasteiger partial charge in [0, 0.05) is 30.7 Å². The molecule has 0 aliphatic rings. The molecule has 0 aliphatic heterocycles. The Labute approximate surface area is 163 Å². The highest BCUT2D eigenvalue weighted by atomic mass is 16.5. The number of hydrogen-bond donors (Lipinski definition) is 2. The summed E-state index contributed by atoms with van der Waals surface area (Å²) in [5, 5.41) is 5.75. The fourth-order valence-electron chi connectivity index (χ4n) is 2.75. The van der Waals surface area contributed by atoms with E-state index >= 15 is 0 Å². The second-order valence-electron chi connectivity index (χ2n) is 6.15. The predicted octanol–water partition coefficient (Wildman–Crippen LogP) is 2.84. The molecule has 3 aromatic rings. The van der Waals surface area contributed by atoms with E-state index in [0.29, 0.717) is 18.0 Å². The number of pyridine rings is 1. The van der Waals surface area contributed by atoms with Crippen molar-refractivity contribution in [3.63, 3.8) is 0 Å². The first-order valence-corrected chi connectivity index (χ1v) is 8.80. The molecular formula is C20H23N5O3. The van der Waals surface area contributed by atoms with Gasteiger partial charge in [0.15, 0.2) is 0 Å². The maximum absolute atomic E-state index is 12.3. The Hall–Kier alpha value is -3.55. The number of hydrogen-bond acceptors (Lipinski definition) is 5. The van der Waals surface area contributed by atoms with E-state index in [-0.39, 0.29) is 12.1 Å². The van der Waals surface area contributed by atoms with Crippen molar-refractivity contribution >= 4 is 6.03 Å². The van der Waals surface area contributed by atoms with E-state index in [4.69, 9.17) is 9.47 Å². The van der Waals surface area contributed by atoms with Gasteiger partial charge < -0.3 is 20.1 Å². The summed E-state index contributed by atoms with van der Waals surface area (Å²) in [5.74, 6) is 2.16. The fourth-order valence-corrected chi connectivity index (χ4v) is 2.75.